The zero-order valence-corrected chi connectivity index (χ0v) is 15.3. The van der Waals surface area contributed by atoms with Crippen molar-refractivity contribution in [2.45, 2.75) is 56.8 Å². The molecule has 1 aromatic rings. The molecular formula is C17H28N2O2S. The summed E-state index contributed by atoms with van der Waals surface area (Å²) in [6, 6.07) is 7.64. The molecule has 0 heterocycles. The number of benzene rings is 1. The number of hydrogen-bond donors (Lipinski definition) is 2. The summed E-state index contributed by atoms with van der Waals surface area (Å²) in [6.07, 6.45) is 0. The lowest BCUT2D eigenvalue weighted by molar-refractivity contribution is 0.0501. The second-order valence-electron chi connectivity index (χ2n) is 7.00. The number of thioether (sulfide) groups is 1. The highest BCUT2D eigenvalue weighted by Gasteiger charge is 2.21. The van der Waals surface area contributed by atoms with Crippen LogP contribution in [0.1, 0.15) is 41.5 Å². The number of carbonyl (C=O) groups is 1. The van der Waals surface area contributed by atoms with Crippen molar-refractivity contribution in [3.05, 3.63) is 24.3 Å². The average molecular weight is 324 g/mol. The number of carbonyl (C=O) groups excluding carboxylic acids is 1. The molecule has 0 bridgehead atoms. The number of aliphatic hydroxyl groups is 1. The van der Waals surface area contributed by atoms with E-state index in [9.17, 15) is 9.90 Å². The number of nitrogens with one attached hydrogen (secondary N) is 1. The van der Waals surface area contributed by atoms with Gasteiger partial charge in [-0.15, -0.1) is 11.8 Å². The number of likely N-dealkylation sites (N-methyl/N-ethyl adjacent to an activating group) is 1. The first-order valence-corrected chi connectivity index (χ1v) is 8.39. The topological polar surface area (TPSA) is 52.6 Å². The van der Waals surface area contributed by atoms with Crippen LogP contribution in [0.3, 0.4) is 0 Å². The van der Waals surface area contributed by atoms with Gasteiger partial charge in [0.05, 0.1) is 12.1 Å². The lowest BCUT2D eigenvalue weighted by Gasteiger charge is -2.28. The van der Waals surface area contributed by atoms with Crippen LogP contribution in [0.4, 0.5) is 10.5 Å². The molecule has 0 aliphatic rings. The third-order valence-electron chi connectivity index (χ3n) is 2.78. The molecule has 0 aliphatic heterocycles. The fourth-order valence-corrected chi connectivity index (χ4v) is 2.94. The largest absolute Gasteiger partial charge is 0.389 e. The minimum absolute atomic E-state index is 0.163. The maximum Gasteiger partial charge on any atom is 0.321 e. The van der Waals surface area contributed by atoms with E-state index in [1.54, 1.807) is 30.5 Å². The van der Waals surface area contributed by atoms with E-state index in [0.717, 1.165) is 5.69 Å². The van der Waals surface area contributed by atoms with Gasteiger partial charge in [-0.05, 0) is 45.0 Å². The smallest absolute Gasteiger partial charge is 0.321 e. The van der Waals surface area contributed by atoms with Gasteiger partial charge in [0.25, 0.3) is 0 Å². The second-order valence-corrected chi connectivity index (χ2v) is 8.90. The highest BCUT2D eigenvalue weighted by Crippen LogP contribution is 2.32. The van der Waals surface area contributed by atoms with Gasteiger partial charge in [0, 0.05) is 21.9 Å². The summed E-state index contributed by atoms with van der Waals surface area (Å²) < 4.78 is 0.163. The molecule has 1 rings (SSSR count). The maximum absolute atomic E-state index is 12.2. The molecule has 0 saturated carbocycles. The van der Waals surface area contributed by atoms with Gasteiger partial charge in [-0.1, -0.05) is 20.8 Å². The van der Waals surface area contributed by atoms with Crippen molar-refractivity contribution >= 4 is 23.5 Å². The van der Waals surface area contributed by atoms with Gasteiger partial charge in [-0.2, -0.15) is 0 Å². The fraction of sp³-hybridized carbons (Fsp3) is 0.588. The molecule has 0 aromatic heterocycles. The van der Waals surface area contributed by atoms with Crippen LogP contribution in [0.25, 0.3) is 0 Å². The Balaban J connectivity index is 2.68. The number of nitrogens with zero attached hydrogens (tertiary/aromatic N) is 1. The van der Waals surface area contributed by atoms with Crippen molar-refractivity contribution in [3.63, 3.8) is 0 Å². The van der Waals surface area contributed by atoms with Crippen molar-refractivity contribution < 1.29 is 9.90 Å². The summed E-state index contributed by atoms with van der Waals surface area (Å²) in [5.74, 6) is 0. The Labute approximate surface area is 138 Å². The highest BCUT2D eigenvalue weighted by atomic mass is 32.2. The molecule has 5 heteroatoms. The molecule has 0 saturated heterocycles. The Morgan fingerprint density at radius 3 is 2.14 bits per heavy atom. The minimum atomic E-state index is -0.902. The van der Waals surface area contributed by atoms with Gasteiger partial charge < -0.3 is 15.3 Å². The molecule has 0 unspecified atom stereocenters. The lowest BCUT2D eigenvalue weighted by Crippen LogP contribution is -2.44. The molecule has 0 fully saturated rings. The zero-order chi connectivity index (χ0) is 17.0. The molecule has 22 heavy (non-hydrogen) atoms. The van der Waals surface area contributed by atoms with Gasteiger partial charge in [0.1, 0.15) is 0 Å². The third kappa shape index (κ3) is 7.18. The summed E-state index contributed by atoms with van der Waals surface area (Å²) in [5.41, 5.74) is -0.141. The first-order chi connectivity index (χ1) is 10.00. The monoisotopic (exact) mass is 324 g/mol. The van der Waals surface area contributed by atoms with Crippen molar-refractivity contribution in [3.8, 4) is 0 Å². The Hall–Kier alpha value is -1.20. The fourth-order valence-electron chi connectivity index (χ4n) is 1.96. The standard InChI is InChI=1S/C17H28N2O2S/c1-7-19(12-17(5,6)21)15(20)18-13-8-10-14(11-9-13)22-16(2,3)4/h8-11,21H,7,12H2,1-6H3,(H,18,20). The molecular weight excluding hydrogens is 296 g/mol. The van der Waals surface area contributed by atoms with E-state index in [2.05, 4.69) is 26.1 Å². The highest BCUT2D eigenvalue weighted by molar-refractivity contribution is 8.00. The summed E-state index contributed by atoms with van der Waals surface area (Å²) in [4.78, 5) is 15.0. The average Bonchev–Trinajstić information content (AvgIpc) is 2.35. The van der Waals surface area contributed by atoms with Crippen LogP contribution in [0.15, 0.2) is 29.2 Å². The van der Waals surface area contributed by atoms with E-state index in [0.29, 0.717) is 13.1 Å². The Morgan fingerprint density at radius 1 is 1.18 bits per heavy atom. The second kappa shape index (κ2) is 7.38. The van der Waals surface area contributed by atoms with Crippen molar-refractivity contribution in [2.75, 3.05) is 18.4 Å². The Kier molecular flexibility index (Phi) is 6.32. The number of urea groups is 1. The first-order valence-electron chi connectivity index (χ1n) is 7.57. The Morgan fingerprint density at radius 2 is 1.73 bits per heavy atom. The zero-order valence-electron chi connectivity index (χ0n) is 14.4. The number of amides is 2. The molecule has 2 amide bonds. The molecule has 124 valence electrons. The van der Waals surface area contributed by atoms with Crippen LogP contribution in [0.2, 0.25) is 0 Å². The summed E-state index contributed by atoms with van der Waals surface area (Å²) >= 11 is 1.79. The van der Waals surface area contributed by atoms with Crippen LogP contribution in [-0.2, 0) is 0 Å². The molecule has 0 aliphatic carbocycles. The molecule has 2 N–H and O–H groups in total. The predicted molar refractivity (Wildman–Crippen MR) is 94.6 cm³/mol. The first kappa shape index (κ1) is 18.8. The van der Waals surface area contributed by atoms with E-state index in [-0.39, 0.29) is 10.8 Å². The number of rotatable bonds is 5. The summed E-state index contributed by atoms with van der Waals surface area (Å²) in [5, 5.41) is 12.7. The third-order valence-corrected chi connectivity index (χ3v) is 3.90. The molecule has 4 nitrogen and oxygen atoms in total. The van der Waals surface area contributed by atoms with E-state index in [1.807, 2.05) is 31.2 Å². The maximum atomic E-state index is 12.2. The van der Waals surface area contributed by atoms with Crippen molar-refractivity contribution in [1.29, 1.82) is 0 Å². The predicted octanol–water partition coefficient (Wildman–Crippen LogP) is 4.20. The molecule has 0 atom stereocenters. The van der Waals surface area contributed by atoms with Crippen molar-refractivity contribution in [2.24, 2.45) is 0 Å². The van der Waals surface area contributed by atoms with Crippen LogP contribution < -0.4 is 5.32 Å². The van der Waals surface area contributed by atoms with Gasteiger partial charge in [-0.3, -0.25) is 0 Å². The summed E-state index contributed by atoms with van der Waals surface area (Å²) in [6.45, 7) is 12.6. The van der Waals surface area contributed by atoms with Crippen LogP contribution in [0.5, 0.6) is 0 Å². The van der Waals surface area contributed by atoms with Crippen molar-refractivity contribution in [1.82, 2.24) is 4.90 Å². The number of hydrogen-bond acceptors (Lipinski definition) is 3. The van der Waals surface area contributed by atoms with E-state index >= 15 is 0 Å². The van der Waals surface area contributed by atoms with Gasteiger partial charge in [-0.25, -0.2) is 4.79 Å². The quantitative estimate of drug-likeness (QED) is 0.798. The normalized spacial score (nSPS) is 12.1. The van der Waals surface area contributed by atoms with Gasteiger partial charge in [0.2, 0.25) is 0 Å². The van der Waals surface area contributed by atoms with Gasteiger partial charge in [0.15, 0.2) is 0 Å². The van der Waals surface area contributed by atoms with Crippen LogP contribution in [0, 0.1) is 0 Å². The molecule has 0 radical (unpaired) electrons. The minimum Gasteiger partial charge on any atom is -0.389 e. The van der Waals surface area contributed by atoms with E-state index < -0.39 is 5.60 Å². The van der Waals surface area contributed by atoms with E-state index in [1.165, 1.54) is 4.90 Å². The van der Waals surface area contributed by atoms with Crippen LogP contribution >= 0.6 is 11.8 Å². The van der Waals surface area contributed by atoms with Crippen LogP contribution in [-0.4, -0.2) is 39.5 Å². The Bertz CT molecular complexity index is 487. The van der Waals surface area contributed by atoms with E-state index in [4.69, 9.17) is 0 Å². The number of anilines is 1. The SMILES string of the molecule is CCN(CC(C)(C)O)C(=O)Nc1ccc(SC(C)(C)C)cc1. The van der Waals surface area contributed by atoms with Gasteiger partial charge >= 0.3 is 6.03 Å². The lowest BCUT2D eigenvalue weighted by atomic mass is 10.1. The summed E-state index contributed by atoms with van der Waals surface area (Å²) in [7, 11) is 0. The molecule has 1 aromatic carbocycles. The molecule has 0 spiro atoms.